The molecule has 0 saturated carbocycles. The summed E-state index contributed by atoms with van der Waals surface area (Å²) >= 11 is 0. The van der Waals surface area contributed by atoms with Gasteiger partial charge in [-0.2, -0.15) is 0 Å². The Morgan fingerprint density at radius 1 is 1.42 bits per heavy atom. The quantitative estimate of drug-likeness (QED) is 0.764. The monoisotopic (exact) mass is 261 g/mol. The number of pyridine rings is 1. The molecule has 1 amide bonds. The van der Waals surface area contributed by atoms with Crippen molar-refractivity contribution in [3.63, 3.8) is 0 Å². The molecule has 1 aromatic heterocycles. The van der Waals surface area contributed by atoms with E-state index in [2.05, 4.69) is 29.8 Å². The first kappa shape index (κ1) is 13.8. The lowest BCUT2D eigenvalue weighted by atomic mass is 9.96. The number of hydrogen-bond acceptors (Lipinski definition) is 3. The van der Waals surface area contributed by atoms with Crippen LogP contribution >= 0.6 is 0 Å². The minimum absolute atomic E-state index is 0.190. The number of rotatable bonds is 5. The standard InChI is InChI=1S/C15H23N3O/c1-3-17(4-2)15-13(8-7-10-16-15)14-9-5-6-11-18(14)12-19/h7-8,10,12,14H,3-6,9,11H2,1-2H3/t14-/m0/s1. The highest BCUT2D eigenvalue weighted by molar-refractivity contribution is 5.54. The van der Waals surface area contributed by atoms with E-state index in [4.69, 9.17) is 0 Å². The second kappa shape index (κ2) is 6.55. The van der Waals surface area contributed by atoms with Gasteiger partial charge < -0.3 is 9.80 Å². The van der Waals surface area contributed by atoms with Crippen molar-refractivity contribution in [2.24, 2.45) is 0 Å². The van der Waals surface area contributed by atoms with Crippen LogP contribution in [0.15, 0.2) is 18.3 Å². The molecule has 1 aliphatic heterocycles. The molecule has 2 rings (SSSR count). The number of piperidine rings is 1. The Labute approximate surface area is 115 Å². The Morgan fingerprint density at radius 2 is 2.21 bits per heavy atom. The molecule has 1 aromatic rings. The van der Waals surface area contributed by atoms with Crippen molar-refractivity contribution in [2.45, 2.75) is 39.2 Å². The topological polar surface area (TPSA) is 36.4 Å². The van der Waals surface area contributed by atoms with Crippen LogP contribution in [0.5, 0.6) is 0 Å². The first-order chi connectivity index (χ1) is 9.31. The first-order valence-corrected chi connectivity index (χ1v) is 7.22. The van der Waals surface area contributed by atoms with Gasteiger partial charge in [-0.3, -0.25) is 4.79 Å². The normalized spacial score (nSPS) is 19.3. The molecule has 19 heavy (non-hydrogen) atoms. The highest BCUT2D eigenvalue weighted by atomic mass is 16.1. The van der Waals surface area contributed by atoms with Gasteiger partial charge in [0.15, 0.2) is 0 Å². The fraction of sp³-hybridized carbons (Fsp3) is 0.600. The molecule has 0 spiro atoms. The summed E-state index contributed by atoms with van der Waals surface area (Å²) < 4.78 is 0. The van der Waals surface area contributed by atoms with Crippen LogP contribution in [0.3, 0.4) is 0 Å². The van der Waals surface area contributed by atoms with Crippen LogP contribution in [-0.4, -0.2) is 35.9 Å². The minimum atomic E-state index is 0.190. The minimum Gasteiger partial charge on any atom is -0.357 e. The van der Waals surface area contributed by atoms with E-state index < -0.39 is 0 Å². The largest absolute Gasteiger partial charge is 0.357 e. The number of anilines is 1. The van der Waals surface area contributed by atoms with Crippen LogP contribution in [0, 0.1) is 0 Å². The molecule has 0 radical (unpaired) electrons. The van der Waals surface area contributed by atoms with Gasteiger partial charge in [-0.15, -0.1) is 0 Å². The van der Waals surface area contributed by atoms with Gasteiger partial charge in [-0.1, -0.05) is 6.07 Å². The van der Waals surface area contributed by atoms with Crippen LogP contribution in [-0.2, 0) is 4.79 Å². The number of carbonyl (C=O) groups is 1. The maximum absolute atomic E-state index is 11.3. The SMILES string of the molecule is CCN(CC)c1ncccc1[C@@H]1CCCCN1C=O. The summed E-state index contributed by atoms with van der Waals surface area (Å²) in [7, 11) is 0. The second-order valence-electron chi connectivity index (χ2n) is 4.94. The van der Waals surface area contributed by atoms with Crippen molar-refractivity contribution in [2.75, 3.05) is 24.5 Å². The van der Waals surface area contributed by atoms with E-state index in [1.54, 1.807) is 0 Å². The Balaban J connectivity index is 2.34. The lowest BCUT2D eigenvalue weighted by Gasteiger charge is -2.35. The third-order valence-corrected chi connectivity index (χ3v) is 3.92. The second-order valence-corrected chi connectivity index (χ2v) is 4.94. The summed E-state index contributed by atoms with van der Waals surface area (Å²) in [6.45, 7) is 7.02. The third-order valence-electron chi connectivity index (χ3n) is 3.92. The molecule has 0 aliphatic carbocycles. The van der Waals surface area contributed by atoms with Gasteiger partial charge in [-0.25, -0.2) is 4.98 Å². The molecule has 1 aliphatic rings. The number of hydrogen-bond donors (Lipinski definition) is 0. The van der Waals surface area contributed by atoms with Crippen LogP contribution in [0.1, 0.15) is 44.7 Å². The number of carbonyl (C=O) groups excluding carboxylic acids is 1. The zero-order valence-corrected chi connectivity index (χ0v) is 11.9. The molecule has 0 aromatic carbocycles. The maximum atomic E-state index is 11.3. The lowest BCUT2D eigenvalue weighted by Crippen LogP contribution is -2.34. The molecule has 1 fully saturated rings. The van der Waals surface area contributed by atoms with Gasteiger partial charge in [0.2, 0.25) is 6.41 Å². The predicted octanol–water partition coefficient (Wildman–Crippen LogP) is 2.61. The maximum Gasteiger partial charge on any atom is 0.210 e. The van der Waals surface area contributed by atoms with E-state index in [1.807, 2.05) is 17.2 Å². The van der Waals surface area contributed by atoms with E-state index >= 15 is 0 Å². The summed E-state index contributed by atoms with van der Waals surface area (Å²) in [6, 6.07) is 4.28. The zero-order valence-electron chi connectivity index (χ0n) is 11.9. The summed E-state index contributed by atoms with van der Waals surface area (Å²) in [4.78, 5) is 20.0. The number of likely N-dealkylation sites (tertiary alicyclic amines) is 1. The first-order valence-electron chi connectivity index (χ1n) is 7.22. The van der Waals surface area contributed by atoms with Crippen LogP contribution in [0.25, 0.3) is 0 Å². The molecule has 4 nitrogen and oxygen atoms in total. The summed E-state index contributed by atoms with van der Waals surface area (Å²) in [5.41, 5.74) is 1.19. The fourth-order valence-corrected chi connectivity index (χ4v) is 2.87. The van der Waals surface area contributed by atoms with Gasteiger partial charge in [-0.05, 0) is 39.2 Å². The molecule has 104 valence electrons. The third kappa shape index (κ3) is 2.88. The van der Waals surface area contributed by atoms with E-state index in [1.165, 1.54) is 12.0 Å². The molecule has 0 bridgehead atoms. The van der Waals surface area contributed by atoms with Crippen molar-refractivity contribution in [1.29, 1.82) is 0 Å². The van der Waals surface area contributed by atoms with E-state index in [-0.39, 0.29) is 6.04 Å². The summed E-state index contributed by atoms with van der Waals surface area (Å²) in [5, 5.41) is 0. The Kier molecular flexibility index (Phi) is 4.77. The van der Waals surface area contributed by atoms with Gasteiger partial charge in [0.05, 0.1) is 6.04 Å². The molecule has 0 unspecified atom stereocenters. The van der Waals surface area contributed by atoms with Crippen molar-refractivity contribution >= 4 is 12.2 Å². The van der Waals surface area contributed by atoms with Gasteiger partial charge in [0.25, 0.3) is 0 Å². The van der Waals surface area contributed by atoms with Crippen LogP contribution in [0.4, 0.5) is 5.82 Å². The number of nitrogens with zero attached hydrogens (tertiary/aromatic N) is 3. The van der Waals surface area contributed by atoms with Crippen LogP contribution < -0.4 is 4.90 Å². The highest BCUT2D eigenvalue weighted by Crippen LogP contribution is 2.34. The molecule has 0 N–H and O–H groups in total. The van der Waals surface area contributed by atoms with Crippen molar-refractivity contribution in [3.05, 3.63) is 23.9 Å². The Morgan fingerprint density at radius 3 is 2.89 bits per heavy atom. The lowest BCUT2D eigenvalue weighted by molar-refractivity contribution is -0.121. The molecule has 2 heterocycles. The predicted molar refractivity (Wildman–Crippen MR) is 77.2 cm³/mol. The van der Waals surface area contributed by atoms with Crippen LogP contribution in [0.2, 0.25) is 0 Å². The zero-order chi connectivity index (χ0) is 13.7. The van der Waals surface area contributed by atoms with E-state index in [0.717, 1.165) is 44.7 Å². The fourth-order valence-electron chi connectivity index (χ4n) is 2.87. The van der Waals surface area contributed by atoms with Crippen molar-refractivity contribution in [3.8, 4) is 0 Å². The molecule has 1 saturated heterocycles. The van der Waals surface area contributed by atoms with Gasteiger partial charge >= 0.3 is 0 Å². The summed E-state index contributed by atoms with van der Waals surface area (Å²) in [5.74, 6) is 1.03. The number of amides is 1. The molecule has 4 heteroatoms. The van der Waals surface area contributed by atoms with Gasteiger partial charge in [0.1, 0.15) is 5.82 Å². The molecular formula is C15H23N3O. The van der Waals surface area contributed by atoms with E-state index in [0.29, 0.717) is 0 Å². The average molecular weight is 261 g/mol. The number of aromatic nitrogens is 1. The van der Waals surface area contributed by atoms with Gasteiger partial charge in [0, 0.05) is 31.4 Å². The smallest absolute Gasteiger partial charge is 0.210 e. The Bertz CT molecular complexity index is 418. The summed E-state index contributed by atoms with van der Waals surface area (Å²) in [6.07, 6.45) is 6.16. The molecule has 1 atom stereocenters. The van der Waals surface area contributed by atoms with Crippen molar-refractivity contribution < 1.29 is 4.79 Å². The Hall–Kier alpha value is -1.58. The molecular weight excluding hydrogens is 238 g/mol. The van der Waals surface area contributed by atoms with E-state index in [9.17, 15) is 4.79 Å². The average Bonchev–Trinajstić information content (AvgIpc) is 2.49. The van der Waals surface area contributed by atoms with Crippen molar-refractivity contribution in [1.82, 2.24) is 9.88 Å². The highest BCUT2D eigenvalue weighted by Gasteiger charge is 2.26.